The molecule has 0 aliphatic heterocycles. The normalized spacial score (nSPS) is 10.5. The average molecular weight is 316 g/mol. The fraction of sp³-hybridized carbons (Fsp3) is 0.0909. The molecule has 0 unspecified atom stereocenters. The summed E-state index contributed by atoms with van der Waals surface area (Å²) >= 11 is 4.36. The van der Waals surface area contributed by atoms with Gasteiger partial charge in [-0.25, -0.2) is 9.37 Å². The Hall–Kier alpha value is -1.27. The molecular formula is C11H7BrFNO2S. The van der Waals surface area contributed by atoms with Crippen LogP contribution in [0, 0.1) is 5.82 Å². The van der Waals surface area contributed by atoms with Crippen LogP contribution in [0.4, 0.5) is 4.39 Å². The molecule has 0 spiro atoms. The number of hydrogen-bond donors (Lipinski definition) is 1. The second-order valence-corrected chi connectivity index (χ2v) is 5.12. The highest BCUT2D eigenvalue weighted by Crippen LogP contribution is 2.32. The topological polar surface area (TPSA) is 50.2 Å². The van der Waals surface area contributed by atoms with Crippen molar-refractivity contribution in [3.63, 3.8) is 0 Å². The molecule has 6 heteroatoms. The van der Waals surface area contributed by atoms with E-state index in [1.807, 2.05) is 0 Å². The fourth-order valence-electron chi connectivity index (χ4n) is 1.33. The maximum absolute atomic E-state index is 13.5. The zero-order valence-electron chi connectivity index (χ0n) is 8.48. The molecule has 1 heterocycles. The lowest BCUT2D eigenvalue weighted by atomic mass is 10.2. The van der Waals surface area contributed by atoms with Gasteiger partial charge in [0.05, 0.1) is 11.3 Å². The molecule has 0 fully saturated rings. The maximum Gasteiger partial charge on any atom is 0.308 e. The summed E-state index contributed by atoms with van der Waals surface area (Å²) in [6.07, 6.45) is -0.118. The Balaban J connectivity index is 2.41. The SMILES string of the molecule is O=C(O)Cc1sc(-c2ccccc2F)nc1Br. The highest BCUT2D eigenvalue weighted by Gasteiger charge is 2.15. The van der Waals surface area contributed by atoms with E-state index < -0.39 is 5.97 Å². The third-order valence-corrected chi connectivity index (χ3v) is 4.07. The Bertz CT molecular complexity index is 570. The van der Waals surface area contributed by atoms with Crippen LogP contribution in [0.15, 0.2) is 28.9 Å². The summed E-state index contributed by atoms with van der Waals surface area (Å²) in [6.45, 7) is 0. The van der Waals surface area contributed by atoms with E-state index in [0.717, 1.165) is 0 Å². The molecule has 0 bridgehead atoms. The minimum Gasteiger partial charge on any atom is -0.481 e. The van der Waals surface area contributed by atoms with Crippen LogP contribution in [-0.4, -0.2) is 16.1 Å². The summed E-state index contributed by atoms with van der Waals surface area (Å²) < 4.78 is 14.0. The monoisotopic (exact) mass is 315 g/mol. The van der Waals surface area contributed by atoms with Gasteiger partial charge in [-0.05, 0) is 28.1 Å². The van der Waals surface area contributed by atoms with Crippen molar-refractivity contribution in [2.24, 2.45) is 0 Å². The van der Waals surface area contributed by atoms with Gasteiger partial charge in [-0.1, -0.05) is 12.1 Å². The Labute approximate surface area is 109 Å². The Morgan fingerprint density at radius 1 is 1.47 bits per heavy atom. The highest BCUT2D eigenvalue weighted by atomic mass is 79.9. The van der Waals surface area contributed by atoms with E-state index in [4.69, 9.17) is 5.11 Å². The molecule has 0 aliphatic carbocycles. The van der Waals surface area contributed by atoms with E-state index in [9.17, 15) is 9.18 Å². The first-order valence-electron chi connectivity index (χ1n) is 4.70. The van der Waals surface area contributed by atoms with Crippen LogP contribution in [-0.2, 0) is 11.2 Å². The van der Waals surface area contributed by atoms with Gasteiger partial charge < -0.3 is 5.11 Å². The van der Waals surface area contributed by atoms with Crippen molar-refractivity contribution >= 4 is 33.2 Å². The zero-order valence-corrected chi connectivity index (χ0v) is 10.9. The third kappa shape index (κ3) is 2.70. The molecule has 3 nitrogen and oxygen atoms in total. The summed E-state index contributed by atoms with van der Waals surface area (Å²) in [6, 6.07) is 6.27. The average Bonchev–Trinajstić information content (AvgIpc) is 2.60. The number of halogens is 2. The van der Waals surface area contributed by atoms with Gasteiger partial charge >= 0.3 is 5.97 Å². The Morgan fingerprint density at radius 2 is 2.18 bits per heavy atom. The lowest BCUT2D eigenvalue weighted by molar-refractivity contribution is -0.136. The standard InChI is InChI=1S/C11H7BrFNO2S/c12-10-8(5-9(15)16)17-11(14-10)6-3-1-2-4-7(6)13/h1-4H,5H2,(H,15,16). The van der Waals surface area contributed by atoms with Crippen molar-refractivity contribution in [3.8, 4) is 10.6 Å². The van der Waals surface area contributed by atoms with Crippen LogP contribution in [0.25, 0.3) is 10.6 Å². The van der Waals surface area contributed by atoms with Crippen LogP contribution in [0.5, 0.6) is 0 Å². The molecule has 1 N–H and O–H groups in total. The van der Waals surface area contributed by atoms with Gasteiger partial charge in [0.1, 0.15) is 15.4 Å². The van der Waals surface area contributed by atoms with Crippen molar-refractivity contribution in [2.45, 2.75) is 6.42 Å². The molecule has 88 valence electrons. The van der Waals surface area contributed by atoms with Crippen LogP contribution in [0.1, 0.15) is 4.88 Å². The first kappa shape index (κ1) is 12.2. The van der Waals surface area contributed by atoms with Gasteiger partial charge in [0, 0.05) is 5.56 Å². The highest BCUT2D eigenvalue weighted by molar-refractivity contribution is 9.10. The van der Waals surface area contributed by atoms with Gasteiger partial charge in [-0.2, -0.15) is 0 Å². The largest absolute Gasteiger partial charge is 0.481 e. The molecule has 0 amide bonds. The van der Waals surface area contributed by atoms with Crippen molar-refractivity contribution in [1.29, 1.82) is 0 Å². The van der Waals surface area contributed by atoms with Crippen LogP contribution in [0.3, 0.4) is 0 Å². The fourth-order valence-corrected chi connectivity index (χ4v) is 2.98. The van der Waals surface area contributed by atoms with Gasteiger partial charge in [0.15, 0.2) is 0 Å². The molecule has 1 aromatic carbocycles. The number of carbonyl (C=O) groups is 1. The summed E-state index contributed by atoms with van der Waals surface area (Å²) in [5.41, 5.74) is 0.384. The number of aliphatic carboxylic acids is 1. The number of carboxylic acid groups (broad SMARTS) is 1. The number of benzene rings is 1. The van der Waals surface area contributed by atoms with Crippen LogP contribution < -0.4 is 0 Å². The van der Waals surface area contributed by atoms with Gasteiger partial charge in [0.25, 0.3) is 0 Å². The Kier molecular flexibility index (Phi) is 3.54. The first-order chi connectivity index (χ1) is 8.08. The summed E-state index contributed by atoms with van der Waals surface area (Å²) in [4.78, 5) is 15.3. The predicted octanol–water partition coefficient (Wildman–Crippen LogP) is 3.34. The molecule has 2 aromatic rings. The van der Waals surface area contributed by atoms with Gasteiger partial charge in [-0.15, -0.1) is 11.3 Å². The van der Waals surface area contributed by atoms with Gasteiger partial charge in [0.2, 0.25) is 0 Å². The smallest absolute Gasteiger partial charge is 0.308 e. The van der Waals surface area contributed by atoms with E-state index in [-0.39, 0.29) is 12.2 Å². The number of thiazole rings is 1. The molecule has 2 rings (SSSR count). The van der Waals surface area contributed by atoms with E-state index >= 15 is 0 Å². The minimum atomic E-state index is -0.936. The summed E-state index contributed by atoms with van der Waals surface area (Å²) in [5, 5.41) is 9.19. The van der Waals surface area contributed by atoms with E-state index in [1.54, 1.807) is 18.2 Å². The lowest BCUT2D eigenvalue weighted by Crippen LogP contribution is -1.98. The maximum atomic E-state index is 13.5. The lowest BCUT2D eigenvalue weighted by Gasteiger charge is -1.96. The number of hydrogen-bond acceptors (Lipinski definition) is 3. The van der Waals surface area contributed by atoms with Crippen molar-refractivity contribution < 1.29 is 14.3 Å². The quantitative estimate of drug-likeness (QED) is 0.945. The van der Waals surface area contributed by atoms with Crippen LogP contribution in [0.2, 0.25) is 0 Å². The van der Waals surface area contributed by atoms with E-state index in [0.29, 0.717) is 20.1 Å². The molecule has 0 saturated heterocycles. The molecule has 17 heavy (non-hydrogen) atoms. The second kappa shape index (κ2) is 4.93. The summed E-state index contributed by atoms with van der Waals surface area (Å²) in [7, 11) is 0. The molecule has 0 aliphatic rings. The first-order valence-corrected chi connectivity index (χ1v) is 6.31. The molecule has 1 aromatic heterocycles. The van der Waals surface area contributed by atoms with Crippen molar-refractivity contribution in [2.75, 3.05) is 0 Å². The number of nitrogens with zero attached hydrogens (tertiary/aromatic N) is 1. The molecule has 0 atom stereocenters. The second-order valence-electron chi connectivity index (χ2n) is 3.28. The predicted molar refractivity (Wildman–Crippen MR) is 66.5 cm³/mol. The molecule has 0 radical (unpaired) electrons. The summed E-state index contributed by atoms with van der Waals surface area (Å²) in [5.74, 6) is -1.30. The van der Waals surface area contributed by atoms with Crippen molar-refractivity contribution in [1.82, 2.24) is 4.98 Å². The van der Waals surface area contributed by atoms with Crippen molar-refractivity contribution in [3.05, 3.63) is 39.6 Å². The van der Waals surface area contributed by atoms with E-state index in [1.165, 1.54) is 17.4 Å². The minimum absolute atomic E-state index is 0.118. The number of rotatable bonds is 3. The molecule has 0 saturated carbocycles. The molecular weight excluding hydrogens is 309 g/mol. The Morgan fingerprint density at radius 3 is 2.82 bits per heavy atom. The number of aromatic nitrogens is 1. The van der Waals surface area contributed by atoms with Crippen LogP contribution >= 0.6 is 27.3 Å². The zero-order chi connectivity index (χ0) is 12.4. The van der Waals surface area contributed by atoms with Gasteiger partial charge in [-0.3, -0.25) is 4.79 Å². The number of carboxylic acids is 1. The third-order valence-electron chi connectivity index (χ3n) is 2.07. The van der Waals surface area contributed by atoms with E-state index in [2.05, 4.69) is 20.9 Å².